The molecule has 0 bridgehead atoms. The molecular formula is C21H42N2O2. The van der Waals surface area contributed by atoms with Gasteiger partial charge in [-0.3, -0.25) is 10.2 Å². The average Bonchev–Trinajstić information content (AvgIpc) is 2.58. The van der Waals surface area contributed by atoms with Crippen molar-refractivity contribution in [2.75, 3.05) is 6.54 Å². The number of aliphatic hydroxyl groups excluding tert-OH is 1. The highest BCUT2D eigenvalue weighted by atomic mass is 16.3. The van der Waals surface area contributed by atoms with Gasteiger partial charge in [-0.1, -0.05) is 70.4 Å². The number of aliphatic hydroxyl groups is 1. The van der Waals surface area contributed by atoms with E-state index >= 15 is 0 Å². The van der Waals surface area contributed by atoms with Gasteiger partial charge in [0.15, 0.2) is 0 Å². The third-order valence-corrected chi connectivity index (χ3v) is 4.29. The van der Waals surface area contributed by atoms with Crippen molar-refractivity contribution < 1.29 is 9.90 Å². The molecule has 0 aliphatic heterocycles. The molecule has 4 heteroatoms. The molecule has 0 radical (unpaired) electrons. The van der Waals surface area contributed by atoms with Gasteiger partial charge in [0.25, 0.3) is 0 Å². The molecule has 1 unspecified atom stereocenters. The van der Waals surface area contributed by atoms with E-state index in [0.29, 0.717) is 13.0 Å². The van der Waals surface area contributed by atoms with Gasteiger partial charge in [0.2, 0.25) is 5.91 Å². The molecule has 1 amide bonds. The fourth-order valence-electron chi connectivity index (χ4n) is 2.72. The third-order valence-electron chi connectivity index (χ3n) is 4.29. The summed E-state index contributed by atoms with van der Waals surface area (Å²) < 4.78 is 0. The fraction of sp³-hybridized carbons (Fsp3) is 0.857. The highest BCUT2D eigenvalue weighted by Gasteiger charge is 2.01. The maximum absolute atomic E-state index is 11.5. The molecule has 0 aromatic carbocycles. The van der Waals surface area contributed by atoms with Gasteiger partial charge in [0.1, 0.15) is 0 Å². The summed E-state index contributed by atoms with van der Waals surface area (Å²) in [5.41, 5.74) is 5.34. The van der Waals surface area contributed by atoms with Crippen LogP contribution in [0.15, 0.2) is 12.2 Å². The molecule has 0 spiro atoms. The molecular weight excluding hydrogens is 312 g/mol. The molecule has 0 aliphatic carbocycles. The molecule has 0 aromatic rings. The van der Waals surface area contributed by atoms with Gasteiger partial charge in [-0.15, -0.1) is 0 Å². The van der Waals surface area contributed by atoms with Gasteiger partial charge < -0.3 is 5.11 Å². The van der Waals surface area contributed by atoms with Crippen LogP contribution >= 0.6 is 0 Å². The molecule has 4 nitrogen and oxygen atoms in total. The SMILES string of the molecule is CCCCCCCC/C=C\CCCCCCCC(=O)NNCC(C)O. The Kier molecular flexibility index (Phi) is 18.8. The lowest BCUT2D eigenvalue weighted by molar-refractivity contribution is -0.122. The summed E-state index contributed by atoms with van der Waals surface area (Å²) in [6.45, 7) is 4.33. The van der Waals surface area contributed by atoms with Crippen LogP contribution in [-0.4, -0.2) is 23.7 Å². The molecule has 3 N–H and O–H groups in total. The van der Waals surface area contributed by atoms with Crippen LogP contribution in [0.25, 0.3) is 0 Å². The van der Waals surface area contributed by atoms with Crippen LogP contribution in [0.3, 0.4) is 0 Å². The van der Waals surface area contributed by atoms with E-state index < -0.39 is 6.10 Å². The van der Waals surface area contributed by atoms with Gasteiger partial charge >= 0.3 is 0 Å². The predicted molar refractivity (Wildman–Crippen MR) is 107 cm³/mol. The molecule has 148 valence electrons. The zero-order valence-electron chi connectivity index (χ0n) is 16.7. The highest BCUT2D eigenvalue weighted by molar-refractivity contribution is 5.75. The minimum absolute atomic E-state index is 0.0123. The Morgan fingerprint density at radius 2 is 1.40 bits per heavy atom. The summed E-state index contributed by atoms with van der Waals surface area (Å²) in [5, 5.41) is 9.06. The molecule has 0 rings (SSSR count). The van der Waals surface area contributed by atoms with Crippen LogP contribution in [0.5, 0.6) is 0 Å². The van der Waals surface area contributed by atoms with Crippen LogP contribution in [0.1, 0.15) is 104 Å². The topological polar surface area (TPSA) is 61.4 Å². The minimum atomic E-state index is -0.444. The monoisotopic (exact) mass is 354 g/mol. The van der Waals surface area contributed by atoms with Crippen molar-refractivity contribution in [3.05, 3.63) is 12.2 Å². The van der Waals surface area contributed by atoms with Crippen molar-refractivity contribution in [3.63, 3.8) is 0 Å². The summed E-state index contributed by atoms with van der Waals surface area (Å²) in [4.78, 5) is 11.5. The van der Waals surface area contributed by atoms with E-state index in [1.165, 1.54) is 70.6 Å². The maximum atomic E-state index is 11.5. The first-order valence-corrected chi connectivity index (χ1v) is 10.5. The molecule has 0 aliphatic rings. The number of allylic oxidation sites excluding steroid dienone is 2. The van der Waals surface area contributed by atoms with Gasteiger partial charge in [-0.05, 0) is 39.0 Å². The van der Waals surface area contributed by atoms with Crippen molar-refractivity contribution >= 4 is 5.91 Å². The van der Waals surface area contributed by atoms with E-state index in [9.17, 15) is 4.79 Å². The van der Waals surface area contributed by atoms with Crippen LogP contribution in [-0.2, 0) is 4.79 Å². The molecule has 0 aromatic heterocycles. The first-order chi connectivity index (χ1) is 12.2. The summed E-state index contributed by atoms with van der Waals surface area (Å²) in [5.74, 6) is 0.0123. The van der Waals surface area contributed by atoms with Crippen LogP contribution in [0.4, 0.5) is 0 Å². The lowest BCUT2D eigenvalue weighted by atomic mass is 10.1. The van der Waals surface area contributed by atoms with E-state index in [1.54, 1.807) is 6.92 Å². The first kappa shape index (κ1) is 24.1. The Hall–Kier alpha value is -0.870. The van der Waals surface area contributed by atoms with Crippen molar-refractivity contribution in [1.29, 1.82) is 0 Å². The van der Waals surface area contributed by atoms with Crippen molar-refractivity contribution in [3.8, 4) is 0 Å². The second-order valence-corrected chi connectivity index (χ2v) is 7.11. The normalized spacial score (nSPS) is 12.6. The summed E-state index contributed by atoms with van der Waals surface area (Å²) in [6, 6.07) is 0. The summed E-state index contributed by atoms with van der Waals surface area (Å²) in [6.07, 6.45) is 21.3. The zero-order chi connectivity index (χ0) is 18.6. The van der Waals surface area contributed by atoms with Crippen LogP contribution < -0.4 is 10.9 Å². The lowest BCUT2D eigenvalue weighted by Gasteiger charge is -2.08. The number of amides is 1. The Balaban J connectivity index is 3.20. The summed E-state index contributed by atoms with van der Waals surface area (Å²) in [7, 11) is 0. The molecule has 0 fully saturated rings. The van der Waals surface area contributed by atoms with E-state index in [-0.39, 0.29) is 5.91 Å². The number of hydrogen-bond acceptors (Lipinski definition) is 3. The Labute approximate surface area is 155 Å². The van der Waals surface area contributed by atoms with Crippen molar-refractivity contribution in [1.82, 2.24) is 10.9 Å². The zero-order valence-corrected chi connectivity index (χ0v) is 16.7. The second kappa shape index (κ2) is 19.5. The quantitative estimate of drug-likeness (QED) is 0.184. The second-order valence-electron chi connectivity index (χ2n) is 7.11. The van der Waals surface area contributed by atoms with Gasteiger partial charge in [0, 0.05) is 13.0 Å². The first-order valence-electron chi connectivity index (χ1n) is 10.5. The lowest BCUT2D eigenvalue weighted by Crippen LogP contribution is -2.40. The van der Waals surface area contributed by atoms with E-state index in [0.717, 1.165) is 12.8 Å². The molecule has 0 heterocycles. The van der Waals surface area contributed by atoms with E-state index in [1.807, 2.05) is 0 Å². The smallest absolute Gasteiger partial charge is 0.234 e. The predicted octanol–water partition coefficient (Wildman–Crippen LogP) is 5.03. The summed E-state index contributed by atoms with van der Waals surface area (Å²) >= 11 is 0. The van der Waals surface area contributed by atoms with Crippen molar-refractivity contribution in [2.45, 2.75) is 110 Å². The fourth-order valence-corrected chi connectivity index (χ4v) is 2.72. The molecule has 0 saturated carbocycles. The standard InChI is InChI=1S/C21H42N2O2/c1-3-4-5-6-7-8-9-10-11-12-13-14-15-16-17-18-21(25)23-22-19-20(2)24/h10-11,20,22,24H,3-9,12-19H2,1-2H3,(H,23,25)/b11-10-. The number of unbranched alkanes of at least 4 members (excludes halogenated alkanes) is 11. The largest absolute Gasteiger partial charge is 0.392 e. The Morgan fingerprint density at radius 3 is 1.96 bits per heavy atom. The van der Waals surface area contributed by atoms with Gasteiger partial charge in [-0.25, -0.2) is 5.43 Å². The van der Waals surface area contributed by atoms with Gasteiger partial charge in [-0.2, -0.15) is 0 Å². The minimum Gasteiger partial charge on any atom is -0.392 e. The third kappa shape index (κ3) is 21.1. The number of carbonyl (C=O) groups is 1. The maximum Gasteiger partial charge on any atom is 0.234 e. The number of nitrogens with one attached hydrogen (secondary N) is 2. The molecule has 25 heavy (non-hydrogen) atoms. The van der Waals surface area contributed by atoms with Crippen LogP contribution in [0.2, 0.25) is 0 Å². The Bertz CT molecular complexity index is 317. The van der Waals surface area contributed by atoms with Crippen molar-refractivity contribution in [2.24, 2.45) is 0 Å². The van der Waals surface area contributed by atoms with E-state index in [4.69, 9.17) is 5.11 Å². The Morgan fingerprint density at radius 1 is 0.880 bits per heavy atom. The highest BCUT2D eigenvalue weighted by Crippen LogP contribution is 2.09. The molecule has 0 saturated heterocycles. The van der Waals surface area contributed by atoms with E-state index in [2.05, 4.69) is 29.9 Å². The van der Waals surface area contributed by atoms with Crippen LogP contribution in [0, 0.1) is 0 Å². The van der Waals surface area contributed by atoms with Gasteiger partial charge in [0.05, 0.1) is 6.10 Å². The number of carbonyl (C=O) groups excluding carboxylic acids is 1. The molecule has 1 atom stereocenters. The number of hydrogen-bond donors (Lipinski definition) is 3. The number of hydrazine groups is 1. The average molecular weight is 355 g/mol. The number of rotatable bonds is 18.